The molecule has 0 aliphatic rings. The highest BCUT2D eigenvalue weighted by molar-refractivity contribution is 14.1. The molecule has 78 valence electrons. The summed E-state index contributed by atoms with van der Waals surface area (Å²) < 4.78 is 1.07. The van der Waals surface area contributed by atoms with E-state index in [-0.39, 0.29) is 24.9 Å². The Morgan fingerprint density at radius 2 is 2.29 bits per heavy atom. The van der Waals surface area contributed by atoms with Crippen LogP contribution in [0.25, 0.3) is 0 Å². The summed E-state index contributed by atoms with van der Waals surface area (Å²) in [6.07, 6.45) is 0. The van der Waals surface area contributed by atoms with Gasteiger partial charge in [-0.15, -0.1) is 12.4 Å². The van der Waals surface area contributed by atoms with Gasteiger partial charge in [0, 0.05) is 3.57 Å². The van der Waals surface area contributed by atoms with Gasteiger partial charge in [0.25, 0.3) is 0 Å². The monoisotopic (exact) mass is 327 g/mol. The van der Waals surface area contributed by atoms with Crippen LogP contribution in [0.3, 0.4) is 0 Å². The first-order valence-electron chi connectivity index (χ1n) is 3.76. The van der Waals surface area contributed by atoms with Gasteiger partial charge in [0.1, 0.15) is 5.82 Å². The third-order valence-electron chi connectivity index (χ3n) is 1.47. The van der Waals surface area contributed by atoms with Gasteiger partial charge in [-0.05, 0) is 41.6 Å². The van der Waals surface area contributed by atoms with E-state index in [0.717, 1.165) is 9.26 Å². The van der Waals surface area contributed by atoms with Crippen molar-refractivity contribution in [3.8, 4) is 0 Å². The van der Waals surface area contributed by atoms with Gasteiger partial charge in [-0.3, -0.25) is 4.79 Å². The summed E-state index contributed by atoms with van der Waals surface area (Å²) in [6.45, 7) is 1.87. The molecule has 1 rings (SSSR count). The molecule has 0 spiro atoms. The SMILES string of the molecule is Cc1nc(NC(=O)CN)ccc1I.Cl. The standard InChI is InChI=1S/C8H10IN3O.ClH/c1-5-6(9)2-3-7(11-5)12-8(13)4-10;/h2-3H,4,10H2,1H3,(H,11,12,13);1H. The number of amides is 1. The topological polar surface area (TPSA) is 68.0 Å². The summed E-state index contributed by atoms with van der Waals surface area (Å²) in [4.78, 5) is 15.1. The van der Waals surface area contributed by atoms with Crippen LogP contribution in [-0.4, -0.2) is 17.4 Å². The summed E-state index contributed by atoms with van der Waals surface area (Å²) in [6, 6.07) is 3.65. The van der Waals surface area contributed by atoms with Crippen LogP contribution in [0.15, 0.2) is 12.1 Å². The quantitative estimate of drug-likeness (QED) is 0.805. The second-order valence-electron chi connectivity index (χ2n) is 2.52. The van der Waals surface area contributed by atoms with Crippen molar-refractivity contribution in [2.45, 2.75) is 6.92 Å². The minimum atomic E-state index is -0.229. The van der Waals surface area contributed by atoms with Gasteiger partial charge in [-0.2, -0.15) is 0 Å². The summed E-state index contributed by atoms with van der Waals surface area (Å²) in [5, 5.41) is 2.58. The first-order valence-corrected chi connectivity index (χ1v) is 4.84. The molecule has 0 bridgehead atoms. The average Bonchev–Trinajstić information content (AvgIpc) is 2.11. The minimum Gasteiger partial charge on any atom is -0.322 e. The van der Waals surface area contributed by atoms with Gasteiger partial charge in [0.05, 0.1) is 12.2 Å². The highest BCUT2D eigenvalue weighted by atomic mass is 127. The van der Waals surface area contributed by atoms with Crippen LogP contribution in [0.5, 0.6) is 0 Å². The van der Waals surface area contributed by atoms with E-state index in [2.05, 4.69) is 32.9 Å². The number of aryl methyl sites for hydroxylation is 1. The zero-order valence-corrected chi connectivity index (χ0v) is 10.6. The van der Waals surface area contributed by atoms with E-state index < -0.39 is 0 Å². The number of rotatable bonds is 2. The summed E-state index contributed by atoms with van der Waals surface area (Å²) in [7, 11) is 0. The van der Waals surface area contributed by atoms with E-state index in [0.29, 0.717) is 5.82 Å². The van der Waals surface area contributed by atoms with Gasteiger partial charge in [0.15, 0.2) is 0 Å². The zero-order valence-electron chi connectivity index (χ0n) is 7.58. The Balaban J connectivity index is 0.00000169. The summed E-state index contributed by atoms with van der Waals surface area (Å²) in [5.74, 6) is 0.321. The third-order valence-corrected chi connectivity index (χ3v) is 2.61. The molecule has 0 aliphatic carbocycles. The first-order chi connectivity index (χ1) is 6.13. The number of hydrogen-bond acceptors (Lipinski definition) is 3. The highest BCUT2D eigenvalue weighted by Crippen LogP contribution is 2.11. The molecule has 4 nitrogen and oxygen atoms in total. The van der Waals surface area contributed by atoms with Crippen molar-refractivity contribution in [2.75, 3.05) is 11.9 Å². The molecule has 6 heteroatoms. The second-order valence-corrected chi connectivity index (χ2v) is 3.68. The highest BCUT2D eigenvalue weighted by Gasteiger charge is 2.01. The average molecular weight is 328 g/mol. The lowest BCUT2D eigenvalue weighted by Gasteiger charge is -2.04. The molecule has 1 heterocycles. The maximum Gasteiger partial charge on any atom is 0.239 e. The maximum absolute atomic E-state index is 10.9. The number of pyridine rings is 1. The molecule has 1 amide bonds. The second kappa shape index (κ2) is 6.15. The lowest BCUT2D eigenvalue weighted by atomic mass is 10.4. The summed E-state index contributed by atoms with van der Waals surface area (Å²) >= 11 is 2.18. The van der Waals surface area contributed by atoms with Gasteiger partial charge in [-0.1, -0.05) is 0 Å². The third kappa shape index (κ3) is 3.77. The number of hydrogen-bond donors (Lipinski definition) is 2. The van der Waals surface area contributed by atoms with Crippen LogP contribution >= 0.6 is 35.0 Å². The zero-order chi connectivity index (χ0) is 9.84. The van der Waals surface area contributed by atoms with Crippen LogP contribution in [0.1, 0.15) is 5.69 Å². The van der Waals surface area contributed by atoms with Crippen molar-refractivity contribution >= 4 is 46.7 Å². The van der Waals surface area contributed by atoms with Crippen molar-refractivity contribution in [2.24, 2.45) is 5.73 Å². The fraction of sp³-hybridized carbons (Fsp3) is 0.250. The van der Waals surface area contributed by atoms with E-state index in [1.807, 2.05) is 13.0 Å². The van der Waals surface area contributed by atoms with E-state index in [4.69, 9.17) is 5.73 Å². The molecule has 3 N–H and O–H groups in total. The fourth-order valence-corrected chi connectivity index (χ4v) is 1.11. The summed E-state index contributed by atoms with van der Waals surface area (Å²) in [5.41, 5.74) is 6.05. The van der Waals surface area contributed by atoms with Crippen molar-refractivity contribution in [3.63, 3.8) is 0 Å². The number of nitrogens with zero attached hydrogens (tertiary/aromatic N) is 1. The molecule has 1 aromatic rings. The van der Waals surface area contributed by atoms with Crippen LogP contribution < -0.4 is 11.1 Å². The van der Waals surface area contributed by atoms with Gasteiger partial charge in [-0.25, -0.2) is 4.98 Å². The molecule has 0 atom stereocenters. The Bertz CT molecular complexity index is 332. The molecule has 0 fully saturated rings. The number of carbonyl (C=O) groups is 1. The molecule has 0 aromatic carbocycles. The molecule has 14 heavy (non-hydrogen) atoms. The number of nitrogens with two attached hydrogens (primary N) is 1. The normalized spacial score (nSPS) is 9.07. The Kier molecular flexibility index (Phi) is 5.98. The van der Waals surface area contributed by atoms with Crippen molar-refractivity contribution in [1.29, 1.82) is 0 Å². The predicted molar refractivity (Wildman–Crippen MR) is 66.6 cm³/mol. The van der Waals surface area contributed by atoms with E-state index in [1.165, 1.54) is 0 Å². The Labute approximate surface area is 102 Å². The van der Waals surface area contributed by atoms with Gasteiger partial charge in [0.2, 0.25) is 5.91 Å². The lowest BCUT2D eigenvalue weighted by molar-refractivity contribution is -0.114. The Morgan fingerprint density at radius 3 is 2.79 bits per heavy atom. The van der Waals surface area contributed by atoms with E-state index in [9.17, 15) is 4.79 Å². The van der Waals surface area contributed by atoms with Crippen molar-refractivity contribution < 1.29 is 4.79 Å². The molecule has 0 saturated heterocycles. The number of carbonyl (C=O) groups excluding carboxylic acids is 1. The number of anilines is 1. The molecule has 0 unspecified atom stereocenters. The number of halogens is 2. The molecule has 1 aromatic heterocycles. The first kappa shape index (κ1) is 13.6. The van der Waals surface area contributed by atoms with Crippen molar-refractivity contribution in [1.82, 2.24) is 4.98 Å². The minimum absolute atomic E-state index is 0. The van der Waals surface area contributed by atoms with Crippen LogP contribution in [-0.2, 0) is 4.79 Å². The van der Waals surface area contributed by atoms with Crippen LogP contribution in [0, 0.1) is 10.5 Å². The van der Waals surface area contributed by atoms with Crippen LogP contribution in [0.2, 0.25) is 0 Å². The molecular weight excluding hydrogens is 316 g/mol. The lowest BCUT2D eigenvalue weighted by Crippen LogP contribution is -2.22. The molecule has 0 saturated carbocycles. The molecular formula is C8H11ClIN3O. The predicted octanol–water partition coefficient (Wildman–Crippen LogP) is 1.31. The van der Waals surface area contributed by atoms with E-state index >= 15 is 0 Å². The largest absolute Gasteiger partial charge is 0.322 e. The maximum atomic E-state index is 10.9. The Hall–Kier alpha value is -0.400. The molecule has 0 radical (unpaired) electrons. The Morgan fingerprint density at radius 1 is 1.64 bits per heavy atom. The number of aromatic nitrogens is 1. The number of nitrogens with one attached hydrogen (secondary N) is 1. The van der Waals surface area contributed by atoms with Gasteiger partial charge < -0.3 is 11.1 Å². The van der Waals surface area contributed by atoms with Crippen LogP contribution in [0.4, 0.5) is 5.82 Å². The van der Waals surface area contributed by atoms with E-state index in [1.54, 1.807) is 6.07 Å². The molecule has 0 aliphatic heterocycles. The van der Waals surface area contributed by atoms with Crippen molar-refractivity contribution in [3.05, 3.63) is 21.4 Å². The smallest absolute Gasteiger partial charge is 0.239 e. The fourth-order valence-electron chi connectivity index (χ4n) is 0.808. The van der Waals surface area contributed by atoms with Gasteiger partial charge >= 0.3 is 0 Å².